The van der Waals surface area contributed by atoms with Gasteiger partial charge in [-0.15, -0.1) is 0 Å². The first-order valence-corrected chi connectivity index (χ1v) is 4.63. The van der Waals surface area contributed by atoms with Crippen LogP contribution in [-0.2, 0) is 7.05 Å². The summed E-state index contributed by atoms with van der Waals surface area (Å²) < 4.78 is 37.0. The van der Waals surface area contributed by atoms with Gasteiger partial charge in [0.2, 0.25) is 0 Å². The number of halogens is 4. The standard InChI is InChI=1S/C7H7BrF3N3O/c1-14-5(8)4(2-13-14)6(15)12-3-7(9,10)11/h2H,3H2,1H3,(H,12,15). The summed E-state index contributed by atoms with van der Waals surface area (Å²) in [5, 5.41) is 5.46. The first kappa shape index (κ1) is 12.0. The lowest BCUT2D eigenvalue weighted by Gasteiger charge is -2.07. The Bertz CT molecular complexity index is 374. The van der Waals surface area contributed by atoms with Crippen molar-refractivity contribution in [1.82, 2.24) is 15.1 Å². The number of rotatable bonds is 2. The summed E-state index contributed by atoms with van der Waals surface area (Å²) >= 11 is 3.03. The van der Waals surface area contributed by atoms with Gasteiger partial charge in [0.1, 0.15) is 11.1 Å². The maximum atomic E-state index is 11.8. The van der Waals surface area contributed by atoms with E-state index in [0.717, 1.165) is 0 Å². The lowest BCUT2D eigenvalue weighted by Crippen LogP contribution is -2.33. The molecule has 0 aliphatic heterocycles. The fourth-order valence-corrected chi connectivity index (χ4v) is 1.22. The van der Waals surface area contributed by atoms with E-state index >= 15 is 0 Å². The average Bonchev–Trinajstić information content (AvgIpc) is 2.43. The van der Waals surface area contributed by atoms with Gasteiger partial charge in [0.25, 0.3) is 5.91 Å². The summed E-state index contributed by atoms with van der Waals surface area (Å²) in [6, 6.07) is 0. The van der Waals surface area contributed by atoms with Crippen LogP contribution in [0, 0.1) is 0 Å². The molecule has 0 aromatic carbocycles. The summed E-state index contributed by atoms with van der Waals surface area (Å²) in [4.78, 5) is 11.2. The molecule has 0 saturated carbocycles. The number of alkyl halides is 3. The van der Waals surface area contributed by atoms with E-state index in [2.05, 4.69) is 21.0 Å². The number of hydrogen-bond donors (Lipinski definition) is 1. The third-order valence-corrected chi connectivity index (χ3v) is 2.50. The van der Waals surface area contributed by atoms with E-state index < -0.39 is 18.6 Å². The van der Waals surface area contributed by atoms with E-state index in [1.54, 1.807) is 12.4 Å². The minimum absolute atomic E-state index is 0.0711. The van der Waals surface area contributed by atoms with Crippen LogP contribution in [0.2, 0.25) is 0 Å². The average molecular weight is 286 g/mol. The molecule has 0 radical (unpaired) electrons. The lowest BCUT2D eigenvalue weighted by molar-refractivity contribution is -0.123. The zero-order valence-electron chi connectivity index (χ0n) is 7.60. The number of aromatic nitrogens is 2. The Morgan fingerprint density at radius 2 is 2.27 bits per heavy atom. The minimum Gasteiger partial charge on any atom is -0.343 e. The van der Waals surface area contributed by atoms with Gasteiger partial charge in [-0.05, 0) is 15.9 Å². The van der Waals surface area contributed by atoms with Crippen molar-refractivity contribution in [2.75, 3.05) is 6.54 Å². The molecule has 0 spiro atoms. The van der Waals surface area contributed by atoms with Crippen LogP contribution in [0.4, 0.5) is 13.2 Å². The first-order valence-electron chi connectivity index (χ1n) is 3.83. The summed E-state index contributed by atoms with van der Waals surface area (Å²) in [5.41, 5.74) is 0.0711. The van der Waals surface area contributed by atoms with Gasteiger partial charge in [-0.3, -0.25) is 9.48 Å². The Morgan fingerprint density at radius 1 is 1.67 bits per heavy atom. The van der Waals surface area contributed by atoms with E-state index in [-0.39, 0.29) is 5.56 Å². The van der Waals surface area contributed by atoms with Crippen LogP contribution in [0.25, 0.3) is 0 Å². The summed E-state index contributed by atoms with van der Waals surface area (Å²) in [6.45, 7) is -1.35. The van der Waals surface area contributed by atoms with Crippen LogP contribution in [0.3, 0.4) is 0 Å². The zero-order chi connectivity index (χ0) is 11.6. The van der Waals surface area contributed by atoms with E-state index in [4.69, 9.17) is 0 Å². The summed E-state index contributed by atoms with van der Waals surface area (Å²) in [6.07, 6.45) is -3.22. The van der Waals surface area contributed by atoms with Crippen molar-refractivity contribution in [2.24, 2.45) is 7.05 Å². The molecule has 1 aromatic rings. The van der Waals surface area contributed by atoms with Gasteiger partial charge in [0.15, 0.2) is 0 Å². The number of carbonyl (C=O) groups is 1. The second-order valence-electron chi connectivity index (χ2n) is 2.77. The van der Waals surface area contributed by atoms with Crippen molar-refractivity contribution >= 4 is 21.8 Å². The topological polar surface area (TPSA) is 46.9 Å². The van der Waals surface area contributed by atoms with Crippen molar-refractivity contribution in [1.29, 1.82) is 0 Å². The SMILES string of the molecule is Cn1ncc(C(=O)NCC(F)(F)F)c1Br. The molecule has 1 aromatic heterocycles. The smallest absolute Gasteiger partial charge is 0.343 e. The highest BCUT2D eigenvalue weighted by Crippen LogP contribution is 2.16. The van der Waals surface area contributed by atoms with Crippen LogP contribution in [0.5, 0.6) is 0 Å². The maximum absolute atomic E-state index is 11.8. The predicted octanol–water partition coefficient (Wildman–Crippen LogP) is 1.47. The molecule has 8 heteroatoms. The van der Waals surface area contributed by atoms with Gasteiger partial charge in [0.05, 0.1) is 11.8 Å². The molecular weight excluding hydrogens is 279 g/mol. The molecular formula is C7H7BrF3N3O. The summed E-state index contributed by atoms with van der Waals surface area (Å²) in [7, 11) is 1.56. The van der Waals surface area contributed by atoms with E-state index in [9.17, 15) is 18.0 Å². The monoisotopic (exact) mass is 285 g/mol. The third-order valence-electron chi connectivity index (χ3n) is 1.56. The van der Waals surface area contributed by atoms with E-state index in [1.165, 1.54) is 10.9 Å². The number of nitrogens with one attached hydrogen (secondary N) is 1. The third kappa shape index (κ3) is 3.22. The van der Waals surface area contributed by atoms with Crippen LogP contribution >= 0.6 is 15.9 Å². The number of nitrogens with zero attached hydrogens (tertiary/aromatic N) is 2. The highest BCUT2D eigenvalue weighted by atomic mass is 79.9. The molecule has 1 heterocycles. The molecule has 1 rings (SSSR count). The molecule has 15 heavy (non-hydrogen) atoms. The number of amides is 1. The molecule has 1 N–H and O–H groups in total. The van der Waals surface area contributed by atoms with Crippen LogP contribution in [0.1, 0.15) is 10.4 Å². The molecule has 0 fully saturated rings. The molecule has 0 atom stereocenters. The van der Waals surface area contributed by atoms with Gasteiger partial charge >= 0.3 is 6.18 Å². The van der Waals surface area contributed by atoms with Crippen molar-refractivity contribution in [3.05, 3.63) is 16.4 Å². The number of carbonyl (C=O) groups excluding carboxylic acids is 1. The Morgan fingerprint density at radius 3 is 2.67 bits per heavy atom. The maximum Gasteiger partial charge on any atom is 0.405 e. The van der Waals surface area contributed by atoms with Crippen LogP contribution < -0.4 is 5.32 Å². The Kier molecular flexibility index (Phi) is 3.38. The minimum atomic E-state index is -4.41. The Balaban J connectivity index is 2.66. The summed E-state index contributed by atoms with van der Waals surface area (Å²) in [5.74, 6) is -0.813. The molecule has 84 valence electrons. The largest absolute Gasteiger partial charge is 0.405 e. The number of hydrogen-bond acceptors (Lipinski definition) is 2. The molecule has 0 saturated heterocycles. The van der Waals surface area contributed by atoms with Crippen molar-refractivity contribution in [3.63, 3.8) is 0 Å². The molecule has 0 unspecified atom stereocenters. The molecule has 0 aliphatic rings. The van der Waals surface area contributed by atoms with E-state index in [1.807, 2.05) is 0 Å². The number of aryl methyl sites for hydroxylation is 1. The second-order valence-corrected chi connectivity index (χ2v) is 3.52. The highest BCUT2D eigenvalue weighted by molar-refractivity contribution is 9.10. The second kappa shape index (κ2) is 4.21. The van der Waals surface area contributed by atoms with Crippen LogP contribution in [0.15, 0.2) is 10.8 Å². The lowest BCUT2D eigenvalue weighted by atomic mass is 10.3. The quantitative estimate of drug-likeness (QED) is 0.895. The van der Waals surface area contributed by atoms with Gasteiger partial charge in [-0.25, -0.2) is 0 Å². The fraction of sp³-hybridized carbons (Fsp3) is 0.429. The van der Waals surface area contributed by atoms with Gasteiger partial charge in [-0.2, -0.15) is 18.3 Å². The first-order chi connectivity index (χ1) is 6.81. The normalized spacial score (nSPS) is 11.5. The van der Waals surface area contributed by atoms with Gasteiger partial charge in [0, 0.05) is 7.05 Å². The van der Waals surface area contributed by atoms with Gasteiger partial charge < -0.3 is 5.32 Å². The zero-order valence-corrected chi connectivity index (χ0v) is 9.18. The Labute approximate surface area is 91.6 Å². The van der Waals surface area contributed by atoms with E-state index in [0.29, 0.717) is 4.60 Å². The fourth-order valence-electron chi connectivity index (χ4n) is 0.851. The van der Waals surface area contributed by atoms with Crippen LogP contribution in [-0.4, -0.2) is 28.4 Å². The van der Waals surface area contributed by atoms with Gasteiger partial charge in [-0.1, -0.05) is 0 Å². The molecule has 1 amide bonds. The van der Waals surface area contributed by atoms with Crippen molar-refractivity contribution < 1.29 is 18.0 Å². The van der Waals surface area contributed by atoms with Crippen molar-refractivity contribution in [3.8, 4) is 0 Å². The predicted molar refractivity (Wildman–Crippen MR) is 49.3 cm³/mol. The highest BCUT2D eigenvalue weighted by Gasteiger charge is 2.28. The molecule has 0 bridgehead atoms. The van der Waals surface area contributed by atoms with Crippen molar-refractivity contribution in [2.45, 2.75) is 6.18 Å². The Hall–Kier alpha value is -1.05. The molecule has 0 aliphatic carbocycles. The molecule has 4 nitrogen and oxygen atoms in total.